The molecule has 3 rings (SSSR count). The Kier molecular flexibility index (Phi) is 3.54. The molecule has 0 amide bonds. The number of nitrogens with one attached hydrogen (secondary N) is 1. The number of para-hydroxylation sites is 1. The number of rotatable bonds is 3. The second-order valence-electron chi connectivity index (χ2n) is 5.42. The van der Waals surface area contributed by atoms with Crippen LogP contribution < -0.4 is 5.32 Å². The van der Waals surface area contributed by atoms with Crippen molar-refractivity contribution >= 4 is 5.69 Å². The van der Waals surface area contributed by atoms with Crippen molar-refractivity contribution in [1.29, 1.82) is 0 Å². The van der Waals surface area contributed by atoms with Gasteiger partial charge in [0.1, 0.15) is 0 Å². The van der Waals surface area contributed by atoms with E-state index in [9.17, 15) is 0 Å². The molecule has 1 nitrogen and oxygen atoms in total. The van der Waals surface area contributed by atoms with Crippen LogP contribution in [0.25, 0.3) is 0 Å². The molecule has 1 heteroatoms. The van der Waals surface area contributed by atoms with Crippen molar-refractivity contribution in [2.75, 3.05) is 5.32 Å². The van der Waals surface area contributed by atoms with Crippen molar-refractivity contribution in [3.8, 4) is 0 Å². The van der Waals surface area contributed by atoms with Crippen LogP contribution >= 0.6 is 0 Å². The highest BCUT2D eigenvalue weighted by Crippen LogP contribution is 2.39. The van der Waals surface area contributed by atoms with Gasteiger partial charge in [0.2, 0.25) is 0 Å². The molecule has 2 atom stereocenters. The van der Waals surface area contributed by atoms with Crippen molar-refractivity contribution in [3.63, 3.8) is 0 Å². The molecule has 19 heavy (non-hydrogen) atoms. The largest absolute Gasteiger partial charge is 0.382 e. The molecule has 0 radical (unpaired) electrons. The maximum absolute atomic E-state index is 3.70. The first kappa shape index (κ1) is 12.3. The van der Waals surface area contributed by atoms with Crippen molar-refractivity contribution < 1.29 is 0 Å². The minimum atomic E-state index is 0.537. The van der Waals surface area contributed by atoms with Gasteiger partial charge >= 0.3 is 0 Å². The van der Waals surface area contributed by atoms with Gasteiger partial charge in [-0.25, -0.2) is 0 Å². The van der Waals surface area contributed by atoms with Crippen LogP contribution in [0, 0.1) is 0 Å². The Hall–Kier alpha value is -1.76. The Morgan fingerprint density at radius 2 is 1.74 bits per heavy atom. The summed E-state index contributed by atoms with van der Waals surface area (Å²) < 4.78 is 0. The zero-order valence-electron chi connectivity index (χ0n) is 11.5. The molecule has 98 valence electrons. The molecule has 1 aliphatic rings. The maximum atomic E-state index is 3.70. The van der Waals surface area contributed by atoms with E-state index >= 15 is 0 Å². The summed E-state index contributed by atoms with van der Waals surface area (Å²) in [6.45, 7) is 2.26. The first-order valence-corrected chi connectivity index (χ1v) is 7.29. The van der Waals surface area contributed by atoms with E-state index in [2.05, 4.69) is 66.8 Å². The molecule has 1 N–H and O–H groups in total. The average Bonchev–Trinajstić information content (AvgIpc) is 2.48. The molecule has 2 aromatic carbocycles. The molecule has 0 spiro atoms. The normalized spacial score (nSPS) is 21.5. The SMILES string of the molecule is CCC[C@@H]1C[C@@H](c2ccccc2)c2ccccc2N1. The quantitative estimate of drug-likeness (QED) is 0.826. The van der Waals surface area contributed by atoms with E-state index in [0.29, 0.717) is 12.0 Å². The Labute approximate surface area is 115 Å². The van der Waals surface area contributed by atoms with Crippen LogP contribution in [-0.2, 0) is 0 Å². The summed E-state index contributed by atoms with van der Waals surface area (Å²) in [7, 11) is 0. The molecule has 0 aromatic heterocycles. The molecular weight excluding hydrogens is 230 g/mol. The van der Waals surface area contributed by atoms with Gasteiger partial charge in [-0.3, -0.25) is 0 Å². The number of fused-ring (bicyclic) bond motifs is 1. The van der Waals surface area contributed by atoms with Gasteiger partial charge in [-0.1, -0.05) is 61.9 Å². The molecular formula is C18H21N. The van der Waals surface area contributed by atoms with Crippen LogP contribution in [0.15, 0.2) is 54.6 Å². The second kappa shape index (κ2) is 5.48. The Balaban J connectivity index is 1.98. The van der Waals surface area contributed by atoms with Crippen LogP contribution in [0.4, 0.5) is 5.69 Å². The highest BCUT2D eigenvalue weighted by atomic mass is 14.9. The second-order valence-corrected chi connectivity index (χ2v) is 5.42. The van der Waals surface area contributed by atoms with Crippen LogP contribution in [0.1, 0.15) is 43.2 Å². The predicted molar refractivity (Wildman–Crippen MR) is 81.7 cm³/mol. The first-order valence-electron chi connectivity index (χ1n) is 7.29. The molecule has 0 saturated carbocycles. The van der Waals surface area contributed by atoms with Crippen LogP contribution in [0.2, 0.25) is 0 Å². The van der Waals surface area contributed by atoms with E-state index < -0.39 is 0 Å². The van der Waals surface area contributed by atoms with Crippen LogP contribution in [-0.4, -0.2) is 6.04 Å². The summed E-state index contributed by atoms with van der Waals surface area (Å²) in [5, 5.41) is 3.70. The summed E-state index contributed by atoms with van der Waals surface area (Å²) >= 11 is 0. The number of benzene rings is 2. The number of hydrogen-bond acceptors (Lipinski definition) is 1. The summed E-state index contributed by atoms with van der Waals surface area (Å²) in [6, 6.07) is 20.3. The van der Waals surface area contributed by atoms with Crippen molar-refractivity contribution in [1.82, 2.24) is 0 Å². The molecule has 0 saturated heterocycles. The minimum Gasteiger partial charge on any atom is -0.382 e. The highest BCUT2D eigenvalue weighted by Gasteiger charge is 2.26. The smallest absolute Gasteiger partial charge is 0.0381 e. The highest BCUT2D eigenvalue weighted by molar-refractivity contribution is 5.58. The summed E-state index contributed by atoms with van der Waals surface area (Å²) in [5.74, 6) is 0.537. The number of anilines is 1. The maximum Gasteiger partial charge on any atom is 0.0381 e. The lowest BCUT2D eigenvalue weighted by atomic mass is 9.81. The lowest BCUT2D eigenvalue weighted by molar-refractivity contribution is 0.540. The molecule has 0 aliphatic carbocycles. The molecule has 1 heterocycles. The van der Waals surface area contributed by atoms with Crippen LogP contribution in [0.5, 0.6) is 0 Å². The summed E-state index contributed by atoms with van der Waals surface area (Å²) in [6.07, 6.45) is 3.69. The van der Waals surface area contributed by atoms with E-state index in [1.54, 1.807) is 0 Å². The zero-order valence-corrected chi connectivity index (χ0v) is 11.5. The van der Waals surface area contributed by atoms with E-state index in [0.717, 1.165) is 0 Å². The van der Waals surface area contributed by atoms with Gasteiger partial charge in [0.15, 0.2) is 0 Å². The van der Waals surface area contributed by atoms with Crippen molar-refractivity contribution in [2.45, 2.75) is 38.1 Å². The van der Waals surface area contributed by atoms with E-state index in [1.165, 1.54) is 36.1 Å². The first-order chi connectivity index (χ1) is 9.38. The Morgan fingerprint density at radius 3 is 2.53 bits per heavy atom. The molecule has 2 aromatic rings. The van der Waals surface area contributed by atoms with Gasteiger partial charge in [0.25, 0.3) is 0 Å². The topological polar surface area (TPSA) is 12.0 Å². The van der Waals surface area contributed by atoms with Crippen LogP contribution in [0.3, 0.4) is 0 Å². The molecule has 0 bridgehead atoms. The Morgan fingerprint density at radius 1 is 1.00 bits per heavy atom. The minimum absolute atomic E-state index is 0.537. The monoisotopic (exact) mass is 251 g/mol. The van der Waals surface area contributed by atoms with Crippen molar-refractivity contribution in [2.24, 2.45) is 0 Å². The average molecular weight is 251 g/mol. The fraction of sp³-hybridized carbons (Fsp3) is 0.333. The predicted octanol–water partition coefficient (Wildman–Crippen LogP) is 4.80. The number of hydrogen-bond donors (Lipinski definition) is 1. The standard InChI is InChI=1S/C18H21N/c1-2-8-15-13-17(14-9-4-3-5-10-14)16-11-6-7-12-18(16)19-15/h3-7,9-12,15,17,19H,2,8,13H2,1H3/t15-,17+/m1/s1. The molecule has 0 unspecified atom stereocenters. The van der Waals surface area contributed by atoms with E-state index in [-0.39, 0.29) is 0 Å². The lowest BCUT2D eigenvalue weighted by Crippen LogP contribution is -2.28. The van der Waals surface area contributed by atoms with Gasteiger partial charge in [-0.2, -0.15) is 0 Å². The summed E-state index contributed by atoms with van der Waals surface area (Å²) in [5.41, 5.74) is 4.21. The fourth-order valence-corrected chi connectivity index (χ4v) is 3.16. The fourth-order valence-electron chi connectivity index (χ4n) is 3.16. The van der Waals surface area contributed by atoms with E-state index in [1.807, 2.05) is 0 Å². The Bertz CT molecular complexity index is 532. The van der Waals surface area contributed by atoms with E-state index in [4.69, 9.17) is 0 Å². The molecule has 1 aliphatic heterocycles. The van der Waals surface area contributed by atoms with Gasteiger partial charge in [-0.05, 0) is 30.0 Å². The third-order valence-corrected chi connectivity index (χ3v) is 4.06. The summed E-state index contributed by atoms with van der Waals surface area (Å²) in [4.78, 5) is 0. The third kappa shape index (κ3) is 2.51. The van der Waals surface area contributed by atoms with Gasteiger partial charge in [0, 0.05) is 17.6 Å². The molecule has 0 fully saturated rings. The van der Waals surface area contributed by atoms with Gasteiger partial charge < -0.3 is 5.32 Å². The van der Waals surface area contributed by atoms with Gasteiger partial charge in [0.05, 0.1) is 0 Å². The third-order valence-electron chi connectivity index (χ3n) is 4.06. The zero-order chi connectivity index (χ0) is 13.1. The lowest BCUT2D eigenvalue weighted by Gasteiger charge is -2.33. The van der Waals surface area contributed by atoms with Gasteiger partial charge in [-0.15, -0.1) is 0 Å². The van der Waals surface area contributed by atoms with Crippen molar-refractivity contribution in [3.05, 3.63) is 65.7 Å².